The van der Waals surface area contributed by atoms with Crippen LogP contribution in [0, 0.1) is 0 Å². The lowest BCUT2D eigenvalue weighted by Crippen LogP contribution is -1.99. The molecule has 0 amide bonds. The molecular formula is C18H14N6. The molecule has 0 radical (unpaired) electrons. The second-order valence-corrected chi connectivity index (χ2v) is 5.16. The molecule has 2 heterocycles. The Bertz CT molecular complexity index is 977. The number of benzene rings is 2. The minimum absolute atomic E-state index is 0.605. The smallest absolute Gasteiger partial charge is 0.176 e. The number of hydrogen-bond acceptors (Lipinski definition) is 5. The molecule has 0 unspecified atom stereocenters. The summed E-state index contributed by atoms with van der Waals surface area (Å²) >= 11 is 0. The number of H-pyrrole nitrogens is 1. The average molecular weight is 314 g/mol. The molecule has 2 aromatic heterocycles. The number of aromatic amines is 1. The minimum Gasteiger partial charge on any atom is -0.343 e. The Hall–Kier alpha value is -3.54. The fourth-order valence-corrected chi connectivity index (χ4v) is 2.46. The highest BCUT2D eigenvalue weighted by atomic mass is 15.3. The van der Waals surface area contributed by atoms with Crippen LogP contribution < -0.4 is 5.43 Å². The van der Waals surface area contributed by atoms with Crippen molar-refractivity contribution in [1.29, 1.82) is 0 Å². The first-order valence-corrected chi connectivity index (χ1v) is 7.51. The topological polar surface area (TPSA) is 78.8 Å². The molecule has 0 spiro atoms. The van der Waals surface area contributed by atoms with Crippen molar-refractivity contribution < 1.29 is 0 Å². The van der Waals surface area contributed by atoms with Crippen molar-refractivity contribution in [3.05, 3.63) is 72.6 Å². The Labute approximate surface area is 138 Å². The lowest BCUT2D eigenvalue weighted by Gasteiger charge is -2.07. The average Bonchev–Trinajstić information content (AvgIpc) is 3.17. The molecule has 24 heavy (non-hydrogen) atoms. The van der Waals surface area contributed by atoms with Crippen molar-refractivity contribution in [2.75, 3.05) is 5.43 Å². The van der Waals surface area contributed by atoms with Crippen LogP contribution in [0.25, 0.3) is 22.3 Å². The molecule has 6 heteroatoms. The molecule has 116 valence electrons. The first-order valence-electron chi connectivity index (χ1n) is 7.51. The van der Waals surface area contributed by atoms with Gasteiger partial charge >= 0.3 is 0 Å². The molecule has 0 saturated heterocycles. The van der Waals surface area contributed by atoms with Gasteiger partial charge < -0.3 is 4.98 Å². The van der Waals surface area contributed by atoms with Gasteiger partial charge in [-0.3, -0.25) is 5.43 Å². The van der Waals surface area contributed by atoms with E-state index in [0.29, 0.717) is 17.3 Å². The Morgan fingerprint density at radius 2 is 1.71 bits per heavy atom. The molecule has 0 aliphatic rings. The summed E-state index contributed by atoms with van der Waals surface area (Å²) in [7, 11) is 0. The summed E-state index contributed by atoms with van der Waals surface area (Å²) in [6.07, 6.45) is 5.21. The molecule has 6 nitrogen and oxygen atoms in total. The minimum atomic E-state index is 0.605. The van der Waals surface area contributed by atoms with E-state index in [1.165, 1.54) is 0 Å². The zero-order valence-corrected chi connectivity index (χ0v) is 12.7. The van der Waals surface area contributed by atoms with Gasteiger partial charge in [0.15, 0.2) is 11.6 Å². The van der Waals surface area contributed by atoms with Crippen LogP contribution in [-0.2, 0) is 0 Å². The molecule has 4 aromatic rings. The zero-order chi connectivity index (χ0) is 16.2. The molecule has 0 aliphatic heterocycles. The predicted octanol–water partition coefficient (Wildman–Crippen LogP) is 3.47. The number of nitrogens with zero attached hydrogens (tertiary/aromatic N) is 4. The monoisotopic (exact) mass is 314 g/mol. The Morgan fingerprint density at radius 3 is 2.50 bits per heavy atom. The van der Waals surface area contributed by atoms with E-state index in [1.807, 2.05) is 54.6 Å². The van der Waals surface area contributed by atoms with Gasteiger partial charge in [-0.05, 0) is 5.56 Å². The summed E-state index contributed by atoms with van der Waals surface area (Å²) in [5.41, 5.74) is 4.70. The summed E-state index contributed by atoms with van der Waals surface area (Å²) in [4.78, 5) is 7.33. The van der Waals surface area contributed by atoms with Gasteiger partial charge in [-0.25, -0.2) is 4.98 Å². The number of nitrogens with one attached hydrogen (secondary N) is 2. The standard InChI is InChI=1S/C18H14N6/c1-2-6-13(7-3-1)12-21-23-17-15-9-5-4-8-14(15)16(22-24-17)18-19-10-11-20-18/h1-12H,(H,19,20)(H,23,24)/b21-12+. The number of hydrazone groups is 1. The third-order valence-corrected chi connectivity index (χ3v) is 3.59. The van der Waals surface area contributed by atoms with Gasteiger partial charge in [0.25, 0.3) is 0 Å². The number of aromatic nitrogens is 4. The third kappa shape index (κ3) is 2.72. The largest absolute Gasteiger partial charge is 0.343 e. The van der Waals surface area contributed by atoms with Crippen LogP contribution >= 0.6 is 0 Å². The number of fused-ring (bicyclic) bond motifs is 1. The zero-order valence-electron chi connectivity index (χ0n) is 12.7. The predicted molar refractivity (Wildman–Crippen MR) is 94.8 cm³/mol. The number of rotatable bonds is 4. The molecule has 2 N–H and O–H groups in total. The van der Waals surface area contributed by atoms with Crippen molar-refractivity contribution in [2.24, 2.45) is 5.10 Å². The van der Waals surface area contributed by atoms with E-state index in [1.54, 1.807) is 18.6 Å². The normalized spacial score (nSPS) is 11.2. The molecule has 4 rings (SSSR count). The third-order valence-electron chi connectivity index (χ3n) is 3.59. The molecule has 0 aliphatic carbocycles. The van der Waals surface area contributed by atoms with Crippen molar-refractivity contribution in [2.45, 2.75) is 0 Å². The Kier molecular flexibility index (Phi) is 3.69. The van der Waals surface area contributed by atoms with E-state index >= 15 is 0 Å². The van der Waals surface area contributed by atoms with Gasteiger partial charge in [0, 0.05) is 23.2 Å². The van der Waals surface area contributed by atoms with Gasteiger partial charge in [0.1, 0.15) is 5.69 Å². The number of imidazole rings is 1. The van der Waals surface area contributed by atoms with Gasteiger partial charge in [-0.1, -0.05) is 54.6 Å². The summed E-state index contributed by atoms with van der Waals surface area (Å²) in [6.45, 7) is 0. The van der Waals surface area contributed by atoms with Crippen molar-refractivity contribution in [3.63, 3.8) is 0 Å². The van der Waals surface area contributed by atoms with E-state index in [2.05, 4.69) is 30.7 Å². The van der Waals surface area contributed by atoms with Crippen LogP contribution in [-0.4, -0.2) is 26.4 Å². The van der Waals surface area contributed by atoms with Crippen LogP contribution in [0.4, 0.5) is 5.82 Å². The Balaban J connectivity index is 1.70. The van der Waals surface area contributed by atoms with Crippen molar-refractivity contribution in [3.8, 4) is 11.5 Å². The highest BCUT2D eigenvalue weighted by Crippen LogP contribution is 2.27. The number of anilines is 1. The molecule has 0 saturated carbocycles. The number of hydrogen-bond donors (Lipinski definition) is 2. The van der Waals surface area contributed by atoms with Crippen LogP contribution in [0.1, 0.15) is 5.56 Å². The second-order valence-electron chi connectivity index (χ2n) is 5.16. The molecular weight excluding hydrogens is 300 g/mol. The van der Waals surface area contributed by atoms with Crippen LogP contribution in [0.15, 0.2) is 72.1 Å². The SMILES string of the molecule is C(=N\Nc1nnc(-c2ncc[nH]2)c2ccccc12)/c1ccccc1. The fourth-order valence-electron chi connectivity index (χ4n) is 2.46. The molecule has 0 fully saturated rings. The van der Waals surface area contributed by atoms with Gasteiger partial charge in [-0.2, -0.15) is 5.10 Å². The fraction of sp³-hybridized carbons (Fsp3) is 0. The quantitative estimate of drug-likeness (QED) is 0.446. The van der Waals surface area contributed by atoms with E-state index in [0.717, 1.165) is 16.3 Å². The van der Waals surface area contributed by atoms with Crippen LogP contribution in [0.2, 0.25) is 0 Å². The first-order chi connectivity index (χ1) is 11.9. The summed E-state index contributed by atoms with van der Waals surface area (Å²) in [6, 6.07) is 17.8. The maximum atomic E-state index is 4.29. The lowest BCUT2D eigenvalue weighted by molar-refractivity contribution is 1.03. The maximum absolute atomic E-state index is 4.29. The van der Waals surface area contributed by atoms with Gasteiger partial charge in [-0.15, -0.1) is 10.2 Å². The molecule has 0 atom stereocenters. The Morgan fingerprint density at radius 1 is 0.917 bits per heavy atom. The van der Waals surface area contributed by atoms with Gasteiger partial charge in [0.05, 0.1) is 6.21 Å². The van der Waals surface area contributed by atoms with Gasteiger partial charge in [0.2, 0.25) is 0 Å². The summed E-state index contributed by atoms with van der Waals surface area (Å²) in [5.74, 6) is 1.30. The second kappa shape index (κ2) is 6.29. The van der Waals surface area contributed by atoms with Crippen LogP contribution in [0.3, 0.4) is 0 Å². The highest BCUT2D eigenvalue weighted by molar-refractivity contribution is 5.99. The van der Waals surface area contributed by atoms with E-state index < -0.39 is 0 Å². The summed E-state index contributed by atoms with van der Waals surface area (Å²) < 4.78 is 0. The molecule has 2 aromatic carbocycles. The van der Waals surface area contributed by atoms with Crippen molar-refractivity contribution in [1.82, 2.24) is 20.2 Å². The van der Waals surface area contributed by atoms with E-state index in [4.69, 9.17) is 0 Å². The maximum Gasteiger partial charge on any atom is 0.176 e. The van der Waals surface area contributed by atoms with Crippen LogP contribution in [0.5, 0.6) is 0 Å². The summed E-state index contributed by atoms with van der Waals surface area (Å²) in [5, 5.41) is 14.7. The highest BCUT2D eigenvalue weighted by Gasteiger charge is 2.11. The van der Waals surface area contributed by atoms with Crippen molar-refractivity contribution >= 4 is 22.8 Å². The van der Waals surface area contributed by atoms with E-state index in [-0.39, 0.29) is 0 Å². The molecule has 0 bridgehead atoms. The first kappa shape index (κ1) is 14.1. The lowest BCUT2D eigenvalue weighted by atomic mass is 10.1. The van der Waals surface area contributed by atoms with E-state index in [9.17, 15) is 0 Å².